The Morgan fingerprint density at radius 1 is 1.36 bits per heavy atom. The summed E-state index contributed by atoms with van der Waals surface area (Å²) in [5.74, 6) is -0.139. The van der Waals surface area contributed by atoms with Crippen LogP contribution in [0.15, 0.2) is 48.0 Å². The Balaban J connectivity index is 2.46. The molecule has 0 fully saturated rings. The number of allylic oxidation sites excluding steroid dienone is 1. The maximum absolute atomic E-state index is 12.5. The number of nitrogens with zero attached hydrogens (tertiary/aromatic N) is 2. The summed E-state index contributed by atoms with van der Waals surface area (Å²) in [7, 11) is 0. The van der Waals surface area contributed by atoms with E-state index in [0.29, 0.717) is 22.9 Å². The van der Waals surface area contributed by atoms with Crippen LogP contribution in [0.25, 0.3) is 6.08 Å². The molecular weight excluding hydrogens is 344 g/mol. The summed E-state index contributed by atoms with van der Waals surface area (Å²) in [4.78, 5) is 22.8. The third kappa shape index (κ3) is 4.43. The molecule has 6 nitrogen and oxygen atoms in total. The minimum atomic E-state index is -0.617. The summed E-state index contributed by atoms with van der Waals surface area (Å²) in [5.41, 5.74) is 0.135. The summed E-state index contributed by atoms with van der Waals surface area (Å²) < 4.78 is 5.46. The van der Waals surface area contributed by atoms with Gasteiger partial charge >= 0.3 is 0 Å². The molecule has 7 heteroatoms. The average Bonchev–Trinajstić information content (AvgIpc) is 2.61. The molecule has 2 aromatic carbocycles. The first-order valence-corrected chi connectivity index (χ1v) is 7.67. The molecule has 0 radical (unpaired) electrons. The zero-order valence-electron chi connectivity index (χ0n) is 13.2. The zero-order valence-corrected chi connectivity index (χ0v) is 14.0. The number of halogens is 1. The Hall–Kier alpha value is -3.17. The van der Waals surface area contributed by atoms with Gasteiger partial charge in [0.1, 0.15) is 17.4 Å². The van der Waals surface area contributed by atoms with Crippen molar-refractivity contribution in [1.82, 2.24) is 0 Å². The van der Waals surface area contributed by atoms with Gasteiger partial charge in [-0.15, -0.1) is 0 Å². The van der Waals surface area contributed by atoms with Gasteiger partial charge in [0.25, 0.3) is 5.69 Å². The van der Waals surface area contributed by atoms with Gasteiger partial charge in [0.15, 0.2) is 0 Å². The van der Waals surface area contributed by atoms with E-state index in [4.69, 9.17) is 16.3 Å². The van der Waals surface area contributed by atoms with E-state index in [-0.39, 0.29) is 16.8 Å². The fourth-order valence-corrected chi connectivity index (χ4v) is 2.32. The second-order valence-corrected chi connectivity index (χ2v) is 5.36. The van der Waals surface area contributed by atoms with E-state index in [2.05, 4.69) is 0 Å². The van der Waals surface area contributed by atoms with Crippen LogP contribution in [0.4, 0.5) is 5.69 Å². The third-order valence-corrected chi connectivity index (χ3v) is 3.49. The molecule has 0 unspecified atom stereocenters. The first kappa shape index (κ1) is 18.2. The number of hydrogen-bond acceptors (Lipinski definition) is 5. The van der Waals surface area contributed by atoms with Crippen molar-refractivity contribution >= 4 is 29.1 Å². The van der Waals surface area contributed by atoms with Crippen LogP contribution in [-0.4, -0.2) is 17.3 Å². The van der Waals surface area contributed by atoms with Crippen LogP contribution in [-0.2, 0) is 0 Å². The van der Waals surface area contributed by atoms with Crippen molar-refractivity contribution in [3.63, 3.8) is 0 Å². The number of benzene rings is 2. The monoisotopic (exact) mass is 356 g/mol. The highest BCUT2D eigenvalue weighted by Gasteiger charge is 2.16. The molecular formula is C18H13ClN2O4. The fraction of sp³-hybridized carbons (Fsp3) is 0.111. The van der Waals surface area contributed by atoms with Gasteiger partial charge in [-0.25, -0.2) is 0 Å². The lowest BCUT2D eigenvalue weighted by atomic mass is 10.0. The zero-order chi connectivity index (χ0) is 18.4. The fourth-order valence-electron chi connectivity index (χ4n) is 2.14. The molecule has 0 N–H and O–H groups in total. The van der Waals surface area contributed by atoms with Crippen molar-refractivity contribution in [3.05, 3.63) is 74.3 Å². The number of nitro benzene ring substituents is 1. The van der Waals surface area contributed by atoms with Gasteiger partial charge in [-0.05, 0) is 31.2 Å². The van der Waals surface area contributed by atoms with Crippen LogP contribution < -0.4 is 4.74 Å². The number of ether oxygens (including phenoxy) is 1. The van der Waals surface area contributed by atoms with E-state index < -0.39 is 10.7 Å². The number of Topliss-reactive ketones (excluding diaryl/α,β-unsaturated/α-hetero) is 1. The quantitative estimate of drug-likeness (QED) is 0.251. The molecule has 25 heavy (non-hydrogen) atoms. The lowest BCUT2D eigenvalue weighted by Gasteiger charge is -2.08. The summed E-state index contributed by atoms with van der Waals surface area (Å²) >= 11 is 5.97. The van der Waals surface area contributed by atoms with Crippen molar-refractivity contribution in [2.24, 2.45) is 0 Å². The highest BCUT2D eigenvalue weighted by molar-refractivity contribution is 6.30. The second kappa shape index (κ2) is 8.08. The van der Waals surface area contributed by atoms with Crippen LogP contribution in [0.1, 0.15) is 22.8 Å². The molecule has 0 aliphatic heterocycles. The maximum atomic E-state index is 12.5. The van der Waals surface area contributed by atoms with Crippen molar-refractivity contribution in [1.29, 1.82) is 5.26 Å². The van der Waals surface area contributed by atoms with Crippen LogP contribution in [0.2, 0.25) is 5.02 Å². The van der Waals surface area contributed by atoms with Crippen molar-refractivity contribution in [2.75, 3.05) is 6.61 Å². The molecule has 2 rings (SSSR count). The number of non-ortho nitro benzene ring substituents is 1. The van der Waals surface area contributed by atoms with Gasteiger partial charge in [0.2, 0.25) is 5.78 Å². The Kier molecular flexibility index (Phi) is 5.88. The summed E-state index contributed by atoms with van der Waals surface area (Å²) in [6.45, 7) is 2.21. The summed E-state index contributed by atoms with van der Waals surface area (Å²) in [5, 5.41) is 20.6. The van der Waals surface area contributed by atoms with Gasteiger partial charge in [-0.1, -0.05) is 23.7 Å². The second-order valence-electron chi connectivity index (χ2n) is 4.92. The largest absolute Gasteiger partial charge is 0.493 e. The average molecular weight is 357 g/mol. The lowest BCUT2D eigenvalue weighted by molar-refractivity contribution is -0.384. The number of hydrogen-bond donors (Lipinski definition) is 0. The van der Waals surface area contributed by atoms with Gasteiger partial charge in [-0.2, -0.15) is 5.26 Å². The summed E-state index contributed by atoms with van der Waals surface area (Å²) in [6, 6.07) is 11.9. The maximum Gasteiger partial charge on any atom is 0.270 e. The van der Waals surface area contributed by atoms with Gasteiger partial charge < -0.3 is 4.74 Å². The van der Waals surface area contributed by atoms with Gasteiger partial charge in [-0.3, -0.25) is 14.9 Å². The smallest absolute Gasteiger partial charge is 0.270 e. The molecule has 0 aliphatic carbocycles. The van der Waals surface area contributed by atoms with Crippen LogP contribution in [0, 0.1) is 21.4 Å². The standard InChI is InChI=1S/C18H13ClN2O4/c1-2-25-17-7-6-15(19)9-13(17)8-14(11-20)18(22)12-4-3-5-16(10-12)21(23)24/h3-10H,2H2,1H3/b14-8+. The van der Waals surface area contributed by atoms with E-state index in [1.54, 1.807) is 18.2 Å². The molecule has 0 atom stereocenters. The SMILES string of the molecule is CCOc1ccc(Cl)cc1/C=C(\C#N)C(=O)c1cccc([N+](=O)[O-])c1. The van der Waals surface area contributed by atoms with E-state index in [0.717, 1.165) is 6.07 Å². The normalized spacial score (nSPS) is 10.8. The number of ketones is 1. The van der Waals surface area contributed by atoms with E-state index in [1.807, 2.05) is 13.0 Å². The highest BCUT2D eigenvalue weighted by Crippen LogP contribution is 2.26. The molecule has 2 aromatic rings. The Morgan fingerprint density at radius 2 is 2.12 bits per heavy atom. The predicted octanol–water partition coefficient (Wildman–Crippen LogP) is 4.44. The predicted molar refractivity (Wildman–Crippen MR) is 93.6 cm³/mol. The lowest BCUT2D eigenvalue weighted by Crippen LogP contribution is -2.03. The van der Waals surface area contributed by atoms with E-state index in [1.165, 1.54) is 24.3 Å². The number of rotatable bonds is 6. The Labute approximate surface area is 149 Å². The molecule has 0 heterocycles. The molecule has 0 saturated carbocycles. The molecule has 0 aliphatic rings. The molecule has 0 bridgehead atoms. The third-order valence-electron chi connectivity index (χ3n) is 3.26. The van der Waals surface area contributed by atoms with Crippen molar-refractivity contribution in [3.8, 4) is 11.8 Å². The Morgan fingerprint density at radius 3 is 2.76 bits per heavy atom. The topological polar surface area (TPSA) is 93.2 Å². The van der Waals surface area contributed by atoms with Gasteiger partial charge in [0.05, 0.1) is 11.5 Å². The minimum absolute atomic E-state index is 0.0574. The molecule has 0 saturated heterocycles. The van der Waals surface area contributed by atoms with Crippen LogP contribution in [0.5, 0.6) is 5.75 Å². The molecule has 0 aromatic heterocycles. The van der Waals surface area contributed by atoms with Crippen LogP contribution in [0.3, 0.4) is 0 Å². The van der Waals surface area contributed by atoms with Crippen molar-refractivity contribution < 1.29 is 14.5 Å². The number of carbonyl (C=O) groups excluding carboxylic acids is 1. The highest BCUT2D eigenvalue weighted by atomic mass is 35.5. The number of nitro groups is 1. The van der Waals surface area contributed by atoms with E-state index in [9.17, 15) is 20.2 Å². The molecule has 126 valence electrons. The Bertz CT molecular complexity index is 900. The van der Waals surface area contributed by atoms with Crippen molar-refractivity contribution in [2.45, 2.75) is 6.92 Å². The first-order chi connectivity index (χ1) is 12.0. The van der Waals surface area contributed by atoms with E-state index >= 15 is 0 Å². The first-order valence-electron chi connectivity index (χ1n) is 7.29. The molecule has 0 amide bonds. The minimum Gasteiger partial charge on any atom is -0.493 e. The number of nitriles is 1. The van der Waals surface area contributed by atoms with Crippen LogP contribution >= 0.6 is 11.6 Å². The number of carbonyl (C=O) groups is 1. The molecule has 0 spiro atoms. The van der Waals surface area contributed by atoms with Gasteiger partial charge in [0, 0.05) is 28.3 Å². The summed E-state index contributed by atoms with van der Waals surface area (Å²) in [6.07, 6.45) is 1.36.